The van der Waals surface area contributed by atoms with Gasteiger partial charge in [0.1, 0.15) is 0 Å². The van der Waals surface area contributed by atoms with Crippen molar-refractivity contribution in [3.63, 3.8) is 0 Å². The molecule has 3 aromatic heterocycles. The summed E-state index contributed by atoms with van der Waals surface area (Å²) in [6.45, 7) is 5.27. The van der Waals surface area contributed by atoms with Crippen molar-refractivity contribution in [3.8, 4) is 11.1 Å². The van der Waals surface area contributed by atoms with E-state index in [1.54, 1.807) is 0 Å². The zero-order chi connectivity index (χ0) is 13.2. The van der Waals surface area contributed by atoms with Gasteiger partial charge in [0.05, 0.1) is 6.54 Å². The van der Waals surface area contributed by atoms with E-state index >= 15 is 0 Å². The van der Waals surface area contributed by atoms with Gasteiger partial charge in [-0.05, 0) is 60.7 Å². The molecule has 19 heavy (non-hydrogen) atoms. The lowest BCUT2D eigenvalue weighted by molar-refractivity contribution is 0.759. The maximum atomic E-state index is 4.06. The molecule has 0 aliphatic heterocycles. The Morgan fingerprint density at radius 3 is 2.37 bits per heavy atom. The third kappa shape index (κ3) is 2.47. The van der Waals surface area contributed by atoms with Crippen LogP contribution in [0.25, 0.3) is 11.1 Å². The lowest BCUT2D eigenvalue weighted by atomic mass is 10.1. The molecule has 0 bridgehead atoms. The predicted octanol–water partition coefficient (Wildman–Crippen LogP) is 4.28. The Balaban J connectivity index is 1.87. The number of rotatable bonds is 3. The smallest absolute Gasteiger partial charge is 0.0568 e. The van der Waals surface area contributed by atoms with Crippen LogP contribution < -0.4 is 0 Å². The molecule has 0 amide bonds. The van der Waals surface area contributed by atoms with Gasteiger partial charge < -0.3 is 4.57 Å². The molecule has 0 aromatic carbocycles. The minimum atomic E-state index is 0.959. The molecule has 0 atom stereocenters. The van der Waals surface area contributed by atoms with Gasteiger partial charge in [-0.15, -0.1) is 11.3 Å². The van der Waals surface area contributed by atoms with Crippen molar-refractivity contribution in [2.75, 3.05) is 0 Å². The molecular formula is C16H16N2S. The predicted molar refractivity (Wildman–Crippen MR) is 80.6 cm³/mol. The quantitative estimate of drug-likeness (QED) is 0.693. The Labute approximate surface area is 117 Å². The minimum Gasteiger partial charge on any atom is -0.344 e. The summed E-state index contributed by atoms with van der Waals surface area (Å²) in [6, 6.07) is 10.7. The van der Waals surface area contributed by atoms with Crippen molar-refractivity contribution in [1.29, 1.82) is 0 Å². The van der Waals surface area contributed by atoms with E-state index in [-0.39, 0.29) is 0 Å². The first-order valence-electron chi connectivity index (χ1n) is 6.34. The molecule has 3 aromatic rings. The highest BCUT2D eigenvalue weighted by atomic mass is 32.1. The van der Waals surface area contributed by atoms with Gasteiger partial charge in [-0.25, -0.2) is 0 Å². The Kier molecular flexibility index (Phi) is 3.22. The maximum Gasteiger partial charge on any atom is 0.0568 e. The number of thiophene rings is 1. The normalized spacial score (nSPS) is 10.8. The van der Waals surface area contributed by atoms with Crippen LogP contribution in [0.3, 0.4) is 0 Å². The fourth-order valence-electron chi connectivity index (χ4n) is 2.26. The van der Waals surface area contributed by atoms with Crippen LogP contribution in [0.2, 0.25) is 0 Å². The lowest BCUT2D eigenvalue weighted by Crippen LogP contribution is -2.01. The second kappa shape index (κ2) is 5.02. The molecule has 96 valence electrons. The molecule has 0 spiro atoms. The molecule has 3 heteroatoms. The molecule has 3 rings (SSSR count). The summed E-state index contributed by atoms with van der Waals surface area (Å²) >= 11 is 1.82. The standard InChI is InChI=1S/C16H16N2S/c1-12-3-4-13(2)18(12)10-16-9-15(11-19-16)14-5-7-17-8-6-14/h3-9,11H,10H2,1-2H3. The zero-order valence-corrected chi connectivity index (χ0v) is 11.9. The number of aryl methyl sites for hydroxylation is 2. The number of hydrogen-bond donors (Lipinski definition) is 0. The second-order valence-electron chi connectivity index (χ2n) is 4.74. The lowest BCUT2D eigenvalue weighted by Gasteiger charge is -2.07. The van der Waals surface area contributed by atoms with Crippen molar-refractivity contribution in [2.45, 2.75) is 20.4 Å². The van der Waals surface area contributed by atoms with Crippen LogP contribution in [-0.2, 0) is 6.54 Å². The molecule has 2 nitrogen and oxygen atoms in total. The van der Waals surface area contributed by atoms with Gasteiger partial charge in [-0.1, -0.05) is 0 Å². The summed E-state index contributed by atoms with van der Waals surface area (Å²) in [5.41, 5.74) is 5.15. The second-order valence-corrected chi connectivity index (χ2v) is 5.74. The Bertz CT molecular complexity index is 660. The minimum absolute atomic E-state index is 0.959. The molecule has 0 unspecified atom stereocenters. The summed E-state index contributed by atoms with van der Waals surface area (Å²) in [4.78, 5) is 5.44. The fourth-order valence-corrected chi connectivity index (χ4v) is 3.14. The summed E-state index contributed by atoms with van der Waals surface area (Å²) in [5, 5.41) is 2.22. The molecule has 0 saturated carbocycles. The van der Waals surface area contributed by atoms with Crippen LogP contribution in [0, 0.1) is 13.8 Å². The molecule has 0 fully saturated rings. The first kappa shape index (κ1) is 12.2. The van der Waals surface area contributed by atoms with E-state index in [9.17, 15) is 0 Å². The van der Waals surface area contributed by atoms with Gasteiger partial charge in [0, 0.05) is 28.7 Å². The van der Waals surface area contributed by atoms with E-state index < -0.39 is 0 Å². The van der Waals surface area contributed by atoms with Crippen molar-refractivity contribution < 1.29 is 0 Å². The number of hydrogen-bond acceptors (Lipinski definition) is 2. The van der Waals surface area contributed by atoms with E-state index in [2.05, 4.69) is 59.1 Å². The monoisotopic (exact) mass is 268 g/mol. The van der Waals surface area contributed by atoms with Gasteiger partial charge in [0.25, 0.3) is 0 Å². The van der Waals surface area contributed by atoms with Crippen molar-refractivity contribution in [2.24, 2.45) is 0 Å². The third-order valence-corrected chi connectivity index (χ3v) is 4.32. The third-order valence-electron chi connectivity index (χ3n) is 3.40. The largest absolute Gasteiger partial charge is 0.344 e. The Morgan fingerprint density at radius 1 is 1.00 bits per heavy atom. The van der Waals surface area contributed by atoms with Crippen LogP contribution in [0.5, 0.6) is 0 Å². The Morgan fingerprint density at radius 2 is 1.68 bits per heavy atom. The first-order chi connectivity index (χ1) is 9.24. The highest BCUT2D eigenvalue weighted by Gasteiger charge is 2.06. The molecule has 0 aliphatic carbocycles. The van der Waals surface area contributed by atoms with Crippen LogP contribution in [-0.4, -0.2) is 9.55 Å². The van der Waals surface area contributed by atoms with Gasteiger partial charge >= 0.3 is 0 Å². The van der Waals surface area contributed by atoms with Crippen LogP contribution in [0.15, 0.2) is 48.1 Å². The molecule has 3 heterocycles. The summed E-state index contributed by atoms with van der Waals surface area (Å²) in [5.74, 6) is 0. The van der Waals surface area contributed by atoms with Crippen LogP contribution in [0.4, 0.5) is 0 Å². The molecule has 0 aliphatic rings. The topological polar surface area (TPSA) is 17.8 Å². The Hall–Kier alpha value is -1.87. The van der Waals surface area contributed by atoms with E-state index in [0.717, 1.165) is 6.54 Å². The van der Waals surface area contributed by atoms with E-state index in [1.807, 2.05) is 23.7 Å². The van der Waals surface area contributed by atoms with Crippen molar-refractivity contribution in [3.05, 3.63) is 64.4 Å². The van der Waals surface area contributed by atoms with Gasteiger partial charge in [-0.2, -0.15) is 0 Å². The SMILES string of the molecule is Cc1ccc(C)n1Cc1cc(-c2ccncc2)cs1. The van der Waals surface area contributed by atoms with Gasteiger partial charge in [0.2, 0.25) is 0 Å². The zero-order valence-electron chi connectivity index (χ0n) is 11.1. The van der Waals surface area contributed by atoms with Crippen molar-refractivity contribution >= 4 is 11.3 Å². The highest BCUT2D eigenvalue weighted by Crippen LogP contribution is 2.26. The number of pyridine rings is 1. The summed E-state index contributed by atoms with van der Waals surface area (Å²) in [7, 11) is 0. The molecule has 0 N–H and O–H groups in total. The van der Waals surface area contributed by atoms with Crippen LogP contribution in [0.1, 0.15) is 16.3 Å². The van der Waals surface area contributed by atoms with E-state index in [0.29, 0.717) is 0 Å². The van der Waals surface area contributed by atoms with E-state index in [4.69, 9.17) is 0 Å². The van der Waals surface area contributed by atoms with Crippen LogP contribution >= 0.6 is 11.3 Å². The fraction of sp³-hybridized carbons (Fsp3) is 0.188. The summed E-state index contributed by atoms with van der Waals surface area (Å²) < 4.78 is 2.35. The summed E-state index contributed by atoms with van der Waals surface area (Å²) in [6.07, 6.45) is 3.68. The van der Waals surface area contributed by atoms with E-state index in [1.165, 1.54) is 27.4 Å². The maximum absolute atomic E-state index is 4.06. The molecule has 0 saturated heterocycles. The van der Waals surface area contributed by atoms with Crippen molar-refractivity contribution in [1.82, 2.24) is 9.55 Å². The number of nitrogens with zero attached hydrogens (tertiary/aromatic N) is 2. The van der Waals surface area contributed by atoms with Gasteiger partial charge in [0.15, 0.2) is 0 Å². The molecule has 0 radical (unpaired) electrons. The van der Waals surface area contributed by atoms with Gasteiger partial charge in [-0.3, -0.25) is 4.98 Å². The average molecular weight is 268 g/mol. The first-order valence-corrected chi connectivity index (χ1v) is 7.22. The highest BCUT2D eigenvalue weighted by molar-refractivity contribution is 7.10. The molecular weight excluding hydrogens is 252 g/mol. The number of aromatic nitrogens is 2. The average Bonchev–Trinajstić information content (AvgIpc) is 3.02.